The van der Waals surface area contributed by atoms with Gasteiger partial charge in [0.05, 0.1) is 25.5 Å². The largest absolute Gasteiger partial charge is 0.480 e. The number of likely N-dealkylation sites (N-methyl/N-ethyl adjacent to an activating group) is 1. The van der Waals surface area contributed by atoms with Crippen molar-refractivity contribution in [2.45, 2.75) is 19.9 Å². The van der Waals surface area contributed by atoms with Gasteiger partial charge in [-0.3, -0.25) is 0 Å². The third kappa shape index (κ3) is 3.75. The first-order valence-corrected chi connectivity index (χ1v) is 5.50. The Hall–Kier alpha value is -1.20. The summed E-state index contributed by atoms with van der Waals surface area (Å²) >= 11 is 0. The summed E-state index contributed by atoms with van der Waals surface area (Å²) in [7, 11) is 1.58. The second kappa shape index (κ2) is 7.14. The van der Waals surface area contributed by atoms with Crippen molar-refractivity contribution in [3.63, 3.8) is 0 Å². The fourth-order valence-corrected chi connectivity index (χ4v) is 1.36. The van der Waals surface area contributed by atoms with Crippen molar-refractivity contribution < 1.29 is 9.47 Å². The number of methoxy groups -OCH3 is 1. The fourth-order valence-electron chi connectivity index (χ4n) is 1.36. The maximum absolute atomic E-state index is 5.40. The summed E-state index contributed by atoms with van der Waals surface area (Å²) in [4.78, 5) is 0. The highest BCUT2D eigenvalue weighted by molar-refractivity contribution is 5.14. The van der Waals surface area contributed by atoms with Gasteiger partial charge in [-0.05, 0) is 19.5 Å². The Balaban J connectivity index is 2.67. The lowest BCUT2D eigenvalue weighted by molar-refractivity contribution is 0.122. The van der Waals surface area contributed by atoms with E-state index in [0.29, 0.717) is 19.1 Å². The summed E-state index contributed by atoms with van der Waals surface area (Å²) in [5.74, 6) is 0.524. The molecule has 16 heavy (non-hydrogen) atoms. The van der Waals surface area contributed by atoms with E-state index in [1.165, 1.54) is 0 Å². The molecule has 0 bridgehead atoms. The molecule has 0 fully saturated rings. The minimum absolute atomic E-state index is 0.0864. The highest BCUT2D eigenvalue weighted by atomic mass is 16.5. The van der Waals surface area contributed by atoms with Crippen LogP contribution in [-0.4, -0.2) is 37.1 Å². The van der Waals surface area contributed by atoms with Gasteiger partial charge in [-0.25, -0.2) is 0 Å². The summed E-state index contributed by atoms with van der Waals surface area (Å²) in [6.07, 6.45) is 0. The van der Waals surface area contributed by atoms with Crippen LogP contribution in [0.15, 0.2) is 12.1 Å². The normalized spacial score (nSPS) is 12.4. The van der Waals surface area contributed by atoms with Gasteiger partial charge in [-0.2, -0.15) is 5.10 Å². The molecule has 0 spiro atoms. The average Bonchev–Trinajstić information content (AvgIpc) is 2.35. The van der Waals surface area contributed by atoms with Crippen LogP contribution < -0.4 is 10.1 Å². The first-order chi connectivity index (χ1) is 7.81. The molecule has 1 N–H and O–H groups in total. The van der Waals surface area contributed by atoms with Crippen molar-refractivity contribution >= 4 is 0 Å². The zero-order valence-corrected chi connectivity index (χ0v) is 10.1. The molecule has 1 heterocycles. The number of hydrogen-bond donors (Lipinski definition) is 1. The summed E-state index contributed by atoms with van der Waals surface area (Å²) in [6.45, 7) is 6.20. The highest BCUT2D eigenvalue weighted by Gasteiger charge is 2.12. The first kappa shape index (κ1) is 12.9. The molecule has 5 heteroatoms. The quantitative estimate of drug-likeness (QED) is 0.755. The van der Waals surface area contributed by atoms with E-state index in [1.54, 1.807) is 13.2 Å². The number of ether oxygens (including phenoxy) is 2. The van der Waals surface area contributed by atoms with Crippen LogP contribution in [0, 0.1) is 0 Å². The van der Waals surface area contributed by atoms with Crippen LogP contribution >= 0.6 is 0 Å². The Labute approximate surface area is 96.2 Å². The molecule has 5 nitrogen and oxygen atoms in total. The van der Waals surface area contributed by atoms with Crippen molar-refractivity contribution in [1.29, 1.82) is 0 Å². The van der Waals surface area contributed by atoms with Crippen molar-refractivity contribution in [2.24, 2.45) is 0 Å². The second-order valence-electron chi connectivity index (χ2n) is 3.27. The standard InChI is InChI=1S/C11H19N3O2/c1-4-12-10(8-16-5-2)9-6-7-11(15-3)14-13-9/h6-7,10,12H,4-5,8H2,1-3H3. The van der Waals surface area contributed by atoms with Crippen molar-refractivity contribution in [3.05, 3.63) is 17.8 Å². The Morgan fingerprint density at radius 3 is 2.62 bits per heavy atom. The van der Waals surface area contributed by atoms with Gasteiger partial charge in [0.25, 0.3) is 0 Å². The van der Waals surface area contributed by atoms with Gasteiger partial charge in [0.1, 0.15) is 0 Å². The van der Waals surface area contributed by atoms with Gasteiger partial charge in [0.15, 0.2) is 0 Å². The topological polar surface area (TPSA) is 56.3 Å². The van der Waals surface area contributed by atoms with Gasteiger partial charge >= 0.3 is 0 Å². The zero-order valence-electron chi connectivity index (χ0n) is 10.1. The molecule has 0 aromatic carbocycles. The van der Waals surface area contributed by atoms with Crippen LogP contribution in [-0.2, 0) is 4.74 Å². The summed E-state index contributed by atoms with van der Waals surface area (Å²) < 4.78 is 10.4. The predicted molar refractivity (Wildman–Crippen MR) is 61.5 cm³/mol. The molecular formula is C11H19N3O2. The van der Waals surface area contributed by atoms with Gasteiger partial charge in [-0.15, -0.1) is 5.10 Å². The molecular weight excluding hydrogens is 206 g/mol. The molecule has 0 aliphatic heterocycles. The minimum atomic E-state index is 0.0864. The number of rotatable bonds is 7. The third-order valence-corrected chi connectivity index (χ3v) is 2.17. The molecule has 1 aromatic rings. The van der Waals surface area contributed by atoms with E-state index in [-0.39, 0.29) is 6.04 Å². The van der Waals surface area contributed by atoms with Gasteiger partial charge < -0.3 is 14.8 Å². The number of aromatic nitrogens is 2. The van der Waals surface area contributed by atoms with Gasteiger partial charge in [0.2, 0.25) is 5.88 Å². The van der Waals surface area contributed by atoms with Crippen LogP contribution in [0.2, 0.25) is 0 Å². The maximum Gasteiger partial charge on any atom is 0.233 e. The lowest BCUT2D eigenvalue weighted by atomic mass is 10.2. The summed E-state index contributed by atoms with van der Waals surface area (Å²) in [5.41, 5.74) is 0.871. The molecule has 0 amide bonds. The maximum atomic E-state index is 5.40. The Bertz CT molecular complexity index is 290. The lowest BCUT2D eigenvalue weighted by Crippen LogP contribution is -2.26. The molecule has 90 valence electrons. The van der Waals surface area contributed by atoms with Crippen molar-refractivity contribution in [3.8, 4) is 5.88 Å². The average molecular weight is 225 g/mol. The van der Waals surface area contributed by atoms with Crippen LogP contribution in [0.25, 0.3) is 0 Å². The molecule has 0 aliphatic rings. The lowest BCUT2D eigenvalue weighted by Gasteiger charge is -2.16. The highest BCUT2D eigenvalue weighted by Crippen LogP contribution is 2.12. The molecule has 0 saturated heterocycles. The smallest absolute Gasteiger partial charge is 0.233 e. The van der Waals surface area contributed by atoms with E-state index in [9.17, 15) is 0 Å². The van der Waals surface area contributed by atoms with Gasteiger partial charge in [-0.1, -0.05) is 6.92 Å². The van der Waals surface area contributed by atoms with E-state index in [4.69, 9.17) is 9.47 Å². The molecule has 0 aliphatic carbocycles. The van der Waals surface area contributed by atoms with Crippen LogP contribution in [0.1, 0.15) is 25.6 Å². The number of hydrogen-bond acceptors (Lipinski definition) is 5. The van der Waals surface area contributed by atoms with E-state index < -0.39 is 0 Å². The molecule has 1 aromatic heterocycles. The third-order valence-electron chi connectivity index (χ3n) is 2.17. The zero-order chi connectivity index (χ0) is 11.8. The minimum Gasteiger partial charge on any atom is -0.480 e. The molecule has 1 unspecified atom stereocenters. The van der Waals surface area contributed by atoms with Crippen LogP contribution in [0.4, 0.5) is 0 Å². The first-order valence-electron chi connectivity index (χ1n) is 5.50. The SMILES string of the molecule is CCNC(COCC)c1ccc(OC)nn1. The monoisotopic (exact) mass is 225 g/mol. The molecule has 1 rings (SSSR count). The van der Waals surface area contributed by atoms with Crippen LogP contribution in [0.3, 0.4) is 0 Å². The summed E-state index contributed by atoms with van der Waals surface area (Å²) in [5, 5.41) is 11.3. The Morgan fingerprint density at radius 2 is 2.12 bits per heavy atom. The van der Waals surface area contributed by atoms with E-state index >= 15 is 0 Å². The molecule has 0 radical (unpaired) electrons. The predicted octanol–water partition coefficient (Wildman–Crippen LogP) is 1.17. The van der Waals surface area contributed by atoms with Crippen molar-refractivity contribution in [2.75, 3.05) is 26.9 Å². The van der Waals surface area contributed by atoms with E-state index in [1.807, 2.05) is 13.0 Å². The Kier molecular flexibility index (Phi) is 5.74. The second-order valence-corrected chi connectivity index (χ2v) is 3.27. The number of nitrogens with one attached hydrogen (secondary N) is 1. The van der Waals surface area contributed by atoms with Crippen molar-refractivity contribution in [1.82, 2.24) is 15.5 Å². The molecule has 0 saturated carbocycles. The Morgan fingerprint density at radius 1 is 1.31 bits per heavy atom. The van der Waals surface area contributed by atoms with E-state index in [2.05, 4.69) is 22.4 Å². The summed E-state index contributed by atoms with van der Waals surface area (Å²) in [6, 6.07) is 3.79. The van der Waals surface area contributed by atoms with Gasteiger partial charge in [0, 0.05) is 12.7 Å². The number of nitrogens with zero attached hydrogens (tertiary/aromatic N) is 2. The van der Waals surface area contributed by atoms with E-state index in [0.717, 1.165) is 12.2 Å². The molecule has 1 atom stereocenters. The fraction of sp³-hybridized carbons (Fsp3) is 0.636. The van der Waals surface area contributed by atoms with Crippen LogP contribution in [0.5, 0.6) is 5.88 Å².